The number of aryl methyl sites for hydroxylation is 2. The van der Waals surface area contributed by atoms with Crippen LogP contribution in [0.5, 0.6) is 0 Å². The Morgan fingerprint density at radius 2 is 2.27 bits per heavy atom. The third-order valence-corrected chi connectivity index (χ3v) is 1.68. The van der Waals surface area contributed by atoms with Crippen molar-refractivity contribution in [3.05, 3.63) is 48.5 Å². The second-order valence-electron chi connectivity index (χ2n) is 2.83. The largest absolute Gasteiger partial charge is 1.00 e. The molecule has 0 aliphatic heterocycles. The van der Waals surface area contributed by atoms with Gasteiger partial charge in [-0.3, -0.25) is 4.68 Å². The van der Waals surface area contributed by atoms with Crippen molar-refractivity contribution >= 4 is 0 Å². The number of aromatic nitrogens is 3. The molecule has 0 radical (unpaired) electrons. The Bertz CT molecular complexity index is 319. The van der Waals surface area contributed by atoms with Gasteiger partial charge in [0.25, 0.3) is 0 Å². The van der Waals surface area contributed by atoms with Gasteiger partial charge in [0.2, 0.25) is 0 Å². The number of pyridine rings is 1. The van der Waals surface area contributed by atoms with Gasteiger partial charge in [-0.05, 0) is 12.0 Å². The first kappa shape index (κ1) is 15.0. The molecule has 0 aliphatic rings. The molecule has 2 aromatic rings. The Kier molecular flexibility index (Phi) is 9.24. The van der Waals surface area contributed by atoms with Crippen molar-refractivity contribution in [1.82, 2.24) is 14.8 Å². The third kappa shape index (κ3) is 6.97. The third-order valence-electron chi connectivity index (χ3n) is 1.68. The Labute approximate surface area is 133 Å². The van der Waals surface area contributed by atoms with Crippen LogP contribution < -0.4 is 51.4 Å². The second kappa shape index (κ2) is 9.24. The van der Waals surface area contributed by atoms with Crippen molar-refractivity contribution < 1.29 is 51.4 Å². The van der Waals surface area contributed by atoms with E-state index in [9.17, 15) is 0 Å². The fourth-order valence-corrected chi connectivity index (χ4v) is 0.932. The van der Waals surface area contributed by atoms with E-state index in [1.54, 1.807) is 12.4 Å². The molecule has 2 rings (SSSR count). The van der Waals surface area contributed by atoms with Gasteiger partial charge in [-0.2, -0.15) is 11.2 Å². The molecule has 3 nitrogen and oxygen atoms in total. The molecular weight excluding hydrogens is 213 g/mol. The maximum atomic E-state index is 4.00. The summed E-state index contributed by atoms with van der Waals surface area (Å²) in [6.07, 6.45) is 8.34. The first-order chi connectivity index (χ1) is 6.83. The smallest absolute Gasteiger partial charge is 0.304 e. The summed E-state index contributed by atoms with van der Waals surface area (Å²) in [5.41, 5.74) is 1.30. The minimum Gasteiger partial charge on any atom is -0.304 e. The minimum atomic E-state index is 0. The topological polar surface area (TPSA) is 30.7 Å². The van der Waals surface area contributed by atoms with Crippen molar-refractivity contribution in [3.8, 4) is 0 Å². The predicted molar refractivity (Wildman–Crippen MR) is 55.7 cm³/mol. The first-order valence-electron chi connectivity index (χ1n) is 4.56. The zero-order chi connectivity index (χ0) is 10.2. The van der Waals surface area contributed by atoms with E-state index in [-0.39, 0.29) is 51.4 Å². The molecule has 2 heterocycles. The van der Waals surface area contributed by atoms with E-state index in [2.05, 4.69) is 23.1 Å². The van der Waals surface area contributed by atoms with Gasteiger partial charge < -0.3 is 4.98 Å². The molecule has 0 aromatic carbocycles. The van der Waals surface area contributed by atoms with E-state index in [0.29, 0.717) is 0 Å². The predicted octanol–water partition coefficient (Wildman–Crippen LogP) is -1.13. The standard InChI is InChI=1S/C6H10N2.C5H4N.K/c1-3-6-4-7-8(2)5-6;1-2-4-6-5-3-1;/h4-5H,3H2,1-2H3;1-2,4-5H;/q;-1;+1. The molecule has 0 N–H and O–H groups in total. The van der Waals surface area contributed by atoms with Gasteiger partial charge in [-0.1, -0.05) is 19.3 Å². The van der Waals surface area contributed by atoms with Crippen LogP contribution >= 0.6 is 0 Å². The summed E-state index contributed by atoms with van der Waals surface area (Å²) in [7, 11) is 1.93. The number of hydrogen-bond acceptors (Lipinski definition) is 2. The van der Waals surface area contributed by atoms with Crippen LogP contribution in [0.25, 0.3) is 0 Å². The van der Waals surface area contributed by atoms with Crippen LogP contribution in [0.3, 0.4) is 0 Å². The van der Waals surface area contributed by atoms with Crippen LogP contribution in [0.15, 0.2) is 36.9 Å². The van der Waals surface area contributed by atoms with Gasteiger partial charge in [-0.25, -0.2) is 12.1 Å². The van der Waals surface area contributed by atoms with E-state index < -0.39 is 0 Å². The Hall–Kier alpha value is -0.00364. The average molecular weight is 227 g/mol. The van der Waals surface area contributed by atoms with Crippen LogP contribution in [-0.4, -0.2) is 14.8 Å². The number of nitrogens with zero attached hydrogens (tertiary/aromatic N) is 3. The molecule has 0 fully saturated rings. The second-order valence-corrected chi connectivity index (χ2v) is 2.83. The fraction of sp³-hybridized carbons (Fsp3) is 0.273. The number of hydrogen-bond donors (Lipinski definition) is 0. The van der Waals surface area contributed by atoms with Crippen molar-refractivity contribution in [2.75, 3.05) is 0 Å². The molecule has 0 atom stereocenters. The molecule has 0 amide bonds. The quantitative estimate of drug-likeness (QED) is 0.456. The summed E-state index contributed by atoms with van der Waals surface area (Å²) >= 11 is 0. The van der Waals surface area contributed by atoms with Gasteiger partial charge in [0, 0.05) is 13.2 Å². The molecule has 0 saturated carbocycles. The molecule has 0 bridgehead atoms. The summed E-state index contributed by atoms with van der Waals surface area (Å²) in [5, 5.41) is 4.00. The Balaban J connectivity index is 0.000000253. The molecule has 0 aliphatic carbocycles. The summed E-state index contributed by atoms with van der Waals surface area (Å²) in [5.74, 6) is 0. The molecule has 0 saturated heterocycles. The summed E-state index contributed by atoms with van der Waals surface area (Å²) in [6, 6.07) is 6.43. The van der Waals surface area contributed by atoms with Crippen molar-refractivity contribution in [2.45, 2.75) is 13.3 Å². The van der Waals surface area contributed by atoms with Crippen LogP contribution in [0.4, 0.5) is 0 Å². The summed E-state index contributed by atoms with van der Waals surface area (Å²) < 4.78 is 1.82. The fourth-order valence-electron chi connectivity index (χ4n) is 0.932. The van der Waals surface area contributed by atoms with Gasteiger partial charge in [0.15, 0.2) is 0 Å². The SMILES string of the molecule is CCc1cnn(C)c1.[K+].[c-]1cccnc1. The zero-order valence-electron chi connectivity index (χ0n) is 9.51. The molecule has 2 aromatic heterocycles. The Morgan fingerprint density at radius 3 is 2.47 bits per heavy atom. The normalized spacial score (nSPS) is 8.40. The van der Waals surface area contributed by atoms with Gasteiger partial charge in [0.05, 0.1) is 6.20 Å². The van der Waals surface area contributed by atoms with E-state index in [0.717, 1.165) is 6.42 Å². The summed E-state index contributed by atoms with van der Waals surface area (Å²) in [4.78, 5) is 3.73. The minimum absolute atomic E-state index is 0. The van der Waals surface area contributed by atoms with Gasteiger partial charge in [-0.15, -0.1) is 0 Å². The molecule has 15 heavy (non-hydrogen) atoms. The van der Waals surface area contributed by atoms with E-state index >= 15 is 0 Å². The maximum absolute atomic E-state index is 4.00. The molecule has 4 heteroatoms. The maximum Gasteiger partial charge on any atom is 1.00 e. The van der Waals surface area contributed by atoms with Crippen molar-refractivity contribution in [3.63, 3.8) is 0 Å². The van der Waals surface area contributed by atoms with Crippen LogP contribution in [0.1, 0.15) is 12.5 Å². The Morgan fingerprint density at radius 1 is 1.47 bits per heavy atom. The van der Waals surface area contributed by atoms with Crippen molar-refractivity contribution in [1.29, 1.82) is 0 Å². The molecule has 0 spiro atoms. The van der Waals surface area contributed by atoms with E-state index in [1.807, 2.05) is 36.3 Å². The van der Waals surface area contributed by atoms with E-state index in [4.69, 9.17) is 0 Å². The van der Waals surface area contributed by atoms with Crippen LogP contribution in [0, 0.1) is 6.07 Å². The molecular formula is C11H14KN3. The zero-order valence-corrected chi connectivity index (χ0v) is 12.6. The first-order valence-corrected chi connectivity index (χ1v) is 4.56. The monoisotopic (exact) mass is 227 g/mol. The molecule has 74 valence electrons. The van der Waals surface area contributed by atoms with Crippen LogP contribution in [-0.2, 0) is 13.5 Å². The summed E-state index contributed by atoms with van der Waals surface area (Å²) in [6.45, 7) is 2.12. The van der Waals surface area contributed by atoms with E-state index in [1.165, 1.54) is 5.56 Å². The van der Waals surface area contributed by atoms with Crippen LogP contribution in [0.2, 0.25) is 0 Å². The van der Waals surface area contributed by atoms with Gasteiger partial charge >= 0.3 is 51.4 Å². The average Bonchev–Trinajstić information content (AvgIpc) is 2.68. The van der Waals surface area contributed by atoms with Crippen molar-refractivity contribution in [2.24, 2.45) is 7.05 Å². The molecule has 0 unspecified atom stereocenters. The van der Waals surface area contributed by atoms with Gasteiger partial charge in [0.1, 0.15) is 0 Å². The number of rotatable bonds is 1.